The van der Waals surface area contributed by atoms with E-state index in [1.807, 2.05) is 12.4 Å². The van der Waals surface area contributed by atoms with E-state index in [0.717, 1.165) is 5.22 Å². The van der Waals surface area contributed by atoms with Gasteiger partial charge in [-0.05, 0) is 34.1 Å². The van der Waals surface area contributed by atoms with Crippen LogP contribution in [0.4, 0.5) is 0 Å². The number of rotatable bonds is 0. The van der Waals surface area contributed by atoms with Crippen molar-refractivity contribution >= 4 is 12.2 Å². The third-order valence-electron chi connectivity index (χ3n) is 3.02. The summed E-state index contributed by atoms with van der Waals surface area (Å²) >= 11 is 0. The zero-order valence-corrected chi connectivity index (χ0v) is 8.62. The molecule has 1 heterocycles. The normalized spacial score (nSPS) is 12.5. The molecule has 0 atom stereocenters. The fraction of sp³-hybridized carbons (Fsp3) is 0.0714. The van der Waals surface area contributed by atoms with Crippen LogP contribution < -0.4 is 10.4 Å². The Bertz CT molecular complexity index is 653. The Balaban J connectivity index is 2.58. The van der Waals surface area contributed by atoms with Crippen LogP contribution >= 0.6 is 0 Å². The van der Waals surface area contributed by atoms with Crippen molar-refractivity contribution in [1.29, 1.82) is 0 Å². The van der Waals surface area contributed by atoms with Crippen molar-refractivity contribution in [2.75, 3.05) is 0 Å². The van der Waals surface area contributed by atoms with E-state index >= 15 is 0 Å². The fourth-order valence-electron chi connectivity index (χ4n) is 2.33. The van der Waals surface area contributed by atoms with E-state index in [1.165, 1.54) is 27.5 Å². The van der Waals surface area contributed by atoms with Crippen molar-refractivity contribution in [3.05, 3.63) is 52.7 Å². The monoisotopic (exact) mass is 193 g/mol. The average Bonchev–Trinajstić information content (AvgIpc) is 2.55. The summed E-state index contributed by atoms with van der Waals surface area (Å²) < 4.78 is 0. The third kappa shape index (κ3) is 1.00. The van der Waals surface area contributed by atoms with Gasteiger partial charge in [-0.25, -0.2) is 0 Å². The van der Waals surface area contributed by atoms with E-state index in [4.69, 9.17) is 0 Å². The molecule has 0 amide bonds. The van der Waals surface area contributed by atoms with Crippen molar-refractivity contribution < 1.29 is 0 Å². The number of nitrogens with zero attached hydrogens (tertiary/aromatic N) is 1. The van der Waals surface area contributed by atoms with Crippen molar-refractivity contribution in [3.8, 4) is 11.1 Å². The third-order valence-corrected chi connectivity index (χ3v) is 3.02. The second kappa shape index (κ2) is 2.80. The second-order valence-electron chi connectivity index (χ2n) is 3.89. The minimum atomic E-state index is 1.02. The highest BCUT2D eigenvalue weighted by molar-refractivity contribution is 5.88. The number of pyridine rings is 1. The van der Waals surface area contributed by atoms with Gasteiger partial charge in [-0.3, -0.25) is 4.98 Å². The van der Waals surface area contributed by atoms with Gasteiger partial charge in [0.25, 0.3) is 0 Å². The van der Waals surface area contributed by atoms with Crippen LogP contribution in [0.25, 0.3) is 23.3 Å². The number of benzene rings is 1. The molecule has 0 saturated carbocycles. The first-order valence-electron chi connectivity index (χ1n) is 5.02. The molecule has 1 aliphatic rings. The van der Waals surface area contributed by atoms with Crippen molar-refractivity contribution in [3.63, 3.8) is 0 Å². The van der Waals surface area contributed by atoms with Crippen LogP contribution in [-0.4, -0.2) is 4.98 Å². The van der Waals surface area contributed by atoms with Crippen LogP contribution in [0.2, 0.25) is 0 Å². The summed E-state index contributed by atoms with van der Waals surface area (Å²) in [6.45, 7) is 6.19. The van der Waals surface area contributed by atoms with Gasteiger partial charge >= 0.3 is 0 Å². The highest BCUT2D eigenvalue weighted by Gasteiger charge is 2.16. The minimum absolute atomic E-state index is 1.02. The summed E-state index contributed by atoms with van der Waals surface area (Å²) in [7, 11) is 0. The molecule has 1 nitrogen and oxygen atoms in total. The standard InChI is InChI=1S/C14H11N/c1-9-7-15-8-13-12-6-4-3-5-11(12)10(2)14(9)13/h3-8H,1H2,2H3. The molecule has 1 aliphatic carbocycles. The fourth-order valence-corrected chi connectivity index (χ4v) is 2.33. The molecule has 3 rings (SSSR count). The Labute approximate surface area is 88.4 Å². The Kier molecular flexibility index (Phi) is 1.57. The molecule has 0 radical (unpaired) electrons. The predicted molar refractivity (Wildman–Crippen MR) is 62.6 cm³/mol. The van der Waals surface area contributed by atoms with Gasteiger partial charge < -0.3 is 0 Å². The maximum absolute atomic E-state index is 4.21. The van der Waals surface area contributed by atoms with Gasteiger partial charge in [0.05, 0.1) is 0 Å². The summed E-state index contributed by atoms with van der Waals surface area (Å²) in [5.41, 5.74) is 5.12. The van der Waals surface area contributed by atoms with Gasteiger partial charge in [-0.1, -0.05) is 30.8 Å². The average molecular weight is 193 g/mol. The number of fused-ring (bicyclic) bond motifs is 3. The molecule has 0 fully saturated rings. The molecule has 0 unspecified atom stereocenters. The van der Waals surface area contributed by atoms with Crippen LogP contribution in [0.1, 0.15) is 12.5 Å². The lowest BCUT2D eigenvalue weighted by Crippen LogP contribution is -2.25. The van der Waals surface area contributed by atoms with Gasteiger partial charge in [0, 0.05) is 18.0 Å². The summed E-state index contributed by atoms with van der Waals surface area (Å²) in [6, 6.07) is 8.44. The van der Waals surface area contributed by atoms with E-state index in [1.54, 1.807) is 0 Å². The van der Waals surface area contributed by atoms with Crippen LogP contribution in [0.3, 0.4) is 0 Å². The number of hydrogen-bond donors (Lipinski definition) is 0. The van der Waals surface area contributed by atoms with Crippen molar-refractivity contribution in [1.82, 2.24) is 4.98 Å². The zero-order chi connectivity index (χ0) is 10.4. The lowest BCUT2D eigenvalue weighted by Gasteiger charge is -1.99. The first-order valence-corrected chi connectivity index (χ1v) is 5.02. The molecule has 0 N–H and O–H groups in total. The Morgan fingerprint density at radius 3 is 2.53 bits per heavy atom. The molecular formula is C14H11N. The zero-order valence-electron chi connectivity index (χ0n) is 8.62. The maximum atomic E-state index is 4.21. The molecule has 1 aromatic heterocycles. The molecular weight excluding hydrogens is 182 g/mol. The number of hydrogen-bond acceptors (Lipinski definition) is 1. The summed E-state index contributed by atoms with van der Waals surface area (Å²) in [6.07, 6.45) is 3.76. The largest absolute Gasteiger partial charge is 0.263 e. The maximum Gasteiger partial charge on any atom is 0.0353 e. The van der Waals surface area contributed by atoms with Gasteiger partial charge in [-0.15, -0.1) is 0 Å². The molecule has 0 spiro atoms. The van der Waals surface area contributed by atoms with E-state index < -0.39 is 0 Å². The molecule has 1 aromatic carbocycles. The quantitative estimate of drug-likeness (QED) is 0.620. The molecule has 0 bridgehead atoms. The Morgan fingerprint density at radius 1 is 1.00 bits per heavy atom. The highest BCUT2D eigenvalue weighted by Crippen LogP contribution is 2.29. The van der Waals surface area contributed by atoms with Gasteiger partial charge in [0.2, 0.25) is 0 Å². The lowest BCUT2D eigenvalue weighted by molar-refractivity contribution is 1.28. The molecule has 15 heavy (non-hydrogen) atoms. The van der Waals surface area contributed by atoms with Crippen LogP contribution in [0.15, 0.2) is 36.7 Å². The molecule has 0 aliphatic heterocycles. The predicted octanol–water partition coefficient (Wildman–Crippen LogP) is 1.69. The van der Waals surface area contributed by atoms with E-state index in [2.05, 4.69) is 42.8 Å². The van der Waals surface area contributed by atoms with Gasteiger partial charge in [0.15, 0.2) is 0 Å². The topological polar surface area (TPSA) is 12.9 Å². The van der Waals surface area contributed by atoms with Gasteiger partial charge in [0.1, 0.15) is 0 Å². The van der Waals surface area contributed by atoms with Crippen LogP contribution in [0.5, 0.6) is 0 Å². The minimum Gasteiger partial charge on any atom is -0.263 e. The van der Waals surface area contributed by atoms with E-state index in [0.29, 0.717) is 0 Å². The van der Waals surface area contributed by atoms with Crippen LogP contribution in [0, 0.1) is 0 Å². The van der Waals surface area contributed by atoms with E-state index in [9.17, 15) is 0 Å². The van der Waals surface area contributed by atoms with E-state index in [-0.39, 0.29) is 0 Å². The molecule has 1 heteroatoms. The molecule has 72 valence electrons. The SMILES string of the molecule is C=c1cncc2c1=C(C)c1ccccc1-2. The lowest BCUT2D eigenvalue weighted by atomic mass is 10.1. The highest BCUT2D eigenvalue weighted by atomic mass is 14.6. The smallest absolute Gasteiger partial charge is 0.0353 e. The molecule has 0 saturated heterocycles. The first kappa shape index (κ1) is 8.42. The summed E-state index contributed by atoms with van der Waals surface area (Å²) in [5.74, 6) is 0. The summed E-state index contributed by atoms with van der Waals surface area (Å²) in [5, 5.41) is 2.27. The van der Waals surface area contributed by atoms with Gasteiger partial charge in [-0.2, -0.15) is 0 Å². The van der Waals surface area contributed by atoms with Crippen molar-refractivity contribution in [2.24, 2.45) is 0 Å². The Hall–Kier alpha value is -1.89. The van der Waals surface area contributed by atoms with Crippen molar-refractivity contribution in [2.45, 2.75) is 6.92 Å². The Morgan fingerprint density at radius 2 is 1.73 bits per heavy atom. The molecule has 2 aromatic rings. The summed E-state index contributed by atoms with van der Waals surface area (Å²) in [4.78, 5) is 4.21. The first-order chi connectivity index (χ1) is 7.29. The number of aromatic nitrogens is 1. The van der Waals surface area contributed by atoms with Crippen LogP contribution in [-0.2, 0) is 0 Å². The second-order valence-corrected chi connectivity index (χ2v) is 3.89.